The number of aromatic nitrogens is 2. The molecule has 94 valence electrons. The molecule has 5 heteroatoms. The zero-order chi connectivity index (χ0) is 13.0. The van der Waals surface area contributed by atoms with Crippen LogP contribution < -0.4 is 5.32 Å². The molecule has 1 aromatic carbocycles. The van der Waals surface area contributed by atoms with Gasteiger partial charge in [-0.15, -0.1) is 0 Å². The fourth-order valence-electron chi connectivity index (χ4n) is 1.64. The van der Waals surface area contributed by atoms with Gasteiger partial charge in [-0.25, -0.2) is 4.98 Å². The summed E-state index contributed by atoms with van der Waals surface area (Å²) in [6.45, 7) is 2.40. The van der Waals surface area contributed by atoms with Crippen molar-refractivity contribution in [3.05, 3.63) is 52.6 Å². The summed E-state index contributed by atoms with van der Waals surface area (Å²) in [5.41, 5.74) is 2.36. The van der Waals surface area contributed by atoms with Crippen molar-refractivity contribution >= 4 is 17.5 Å². The van der Waals surface area contributed by atoms with Crippen molar-refractivity contribution in [2.24, 2.45) is 0 Å². The number of nitrogens with zero attached hydrogens (tertiary/aromatic N) is 1. The number of halogens is 1. The van der Waals surface area contributed by atoms with Gasteiger partial charge in [0.05, 0.1) is 6.33 Å². The highest BCUT2D eigenvalue weighted by atomic mass is 35.5. The fraction of sp³-hybridized carbons (Fsp3) is 0.231. The molecule has 0 saturated heterocycles. The predicted molar refractivity (Wildman–Crippen MR) is 70.8 cm³/mol. The summed E-state index contributed by atoms with van der Waals surface area (Å²) in [7, 11) is 0. The lowest BCUT2D eigenvalue weighted by atomic mass is 10.1. The Balaban J connectivity index is 1.84. The van der Waals surface area contributed by atoms with Gasteiger partial charge >= 0.3 is 0 Å². The van der Waals surface area contributed by atoms with Crippen LogP contribution in [0.3, 0.4) is 0 Å². The normalized spacial score (nSPS) is 10.3. The number of benzene rings is 1. The molecule has 0 radical (unpaired) electrons. The molecular weight excluding hydrogens is 250 g/mol. The third-order valence-electron chi connectivity index (χ3n) is 2.66. The third kappa shape index (κ3) is 3.11. The van der Waals surface area contributed by atoms with Crippen LogP contribution >= 0.6 is 11.6 Å². The molecule has 0 fully saturated rings. The minimum absolute atomic E-state index is 0.150. The standard InChI is InChI=1S/C13H14ClN3O/c1-9-12(17-8-16-9)13(18)15-7-6-10-2-4-11(14)5-3-10/h2-5,8H,6-7H2,1H3,(H,15,18)(H,16,17). The number of carbonyl (C=O) groups is 1. The van der Waals surface area contributed by atoms with E-state index in [0.29, 0.717) is 12.2 Å². The average molecular weight is 264 g/mol. The van der Waals surface area contributed by atoms with E-state index in [2.05, 4.69) is 15.3 Å². The summed E-state index contributed by atoms with van der Waals surface area (Å²) in [5.74, 6) is -0.150. The van der Waals surface area contributed by atoms with Gasteiger partial charge in [0.25, 0.3) is 5.91 Å². The van der Waals surface area contributed by atoms with Crippen LogP contribution in [0.1, 0.15) is 21.7 Å². The number of aromatic amines is 1. The van der Waals surface area contributed by atoms with Gasteiger partial charge in [0, 0.05) is 17.3 Å². The molecule has 0 spiro atoms. The van der Waals surface area contributed by atoms with Crippen molar-refractivity contribution in [3.8, 4) is 0 Å². The molecule has 4 nitrogen and oxygen atoms in total. The number of rotatable bonds is 4. The van der Waals surface area contributed by atoms with E-state index in [9.17, 15) is 4.79 Å². The van der Waals surface area contributed by atoms with Crippen molar-refractivity contribution in [1.82, 2.24) is 15.3 Å². The molecule has 0 atom stereocenters. The lowest BCUT2D eigenvalue weighted by Crippen LogP contribution is -2.26. The molecule has 1 amide bonds. The van der Waals surface area contributed by atoms with Crippen LogP contribution in [0.4, 0.5) is 0 Å². The molecule has 1 heterocycles. The number of hydrogen-bond acceptors (Lipinski definition) is 2. The van der Waals surface area contributed by atoms with E-state index < -0.39 is 0 Å². The first kappa shape index (κ1) is 12.6. The first-order valence-electron chi connectivity index (χ1n) is 5.69. The van der Waals surface area contributed by atoms with Crippen LogP contribution in [0, 0.1) is 6.92 Å². The van der Waals surface area contributed by atoms with Crippen molar-refractivity contribution in [1.29, 1.82) is 0 Å². The number of amides is 1. The summed E-state index contributed by atoms with van der Waals surface area (Å²) >= 11 is 5.80. The van der Waals surface area contributed by atoms with E-state index >= 15 is 0 Å². The summed E-state index contributed by atoms with van der Waals surface area (Å²) in [4.78, 5) is 18.6. The molecule has 0 aliphatic heterocycles. The van der Waals surface area contributed by atoms with Crippen LogP contribution in [0.2, 0.25) is 5.02 Å². The third-order valence-corrected chi connectivity index (χ3v) is 2.91. The monoisotopic (exact) mass is 263 g/mol. The maximum atomic E-state index is 11.8. The molecule has 2 aromatic rings. The Kier molecular flexibility index (Phi) is 3.99. The number of hydrogen-bond donors (Lipinski definition) is 2. The van der Waals surface area contributed by atoms with E-state index in [0.717, 1.165) is 22.7 Å². The second-order valence-electron chi connectivity index (χ2n) is 4.01. The minimum atomic E-state index is -0.150. The van der Waals surface area contributed by atoms with Gasteiger partial charge in [-0.2, -0.15) is 0 Å². The summed E-state index contributed by atoms with van der Waals surface area (Å²) in [6, 6.07) is 7.59. The van der Waals surface area contributed by atoms with E-state index in [4.69, 9.17) is 11.6 Å². The molecule has 2 N–H and O–H groups in total. The van der Waals surface area contributed by atoms with Gasteiger partial charge in [-0.3, -0.25) is 4.79 Å². The molecule has 1 aromatic heterocycles. The quantitative estimate of drug-likeness (QED) is 0.890. The number of nitrogens with one attached hydrogen (secondary N) is 2. The van der Waals surface area contributed by atoms with Crippen LogP contribution in [0.25, 0.3) is 0 Å². The molecule has 0 unspecified atom stereocenters. The topological polar surface area (TPSA) is 57.8 Å². The van der Waals surface area contributed by atoms with Gasteiger partial charge < -0.3 is 10.3 Å². The first-order chi connectivity index (χ1) is 8.66. The maximum absolute atomic E-state index is 11.8. The summed E-state index contributed by atoms with van der Waals surface area (Å²) in [5, 5.41) is 3.55. The minimum Gasteiger partial charge on any atom is -0.350 e. The lowest BCUT2D eigenvalue weighted by Gasteiger charge is -2.04. The maximum Gasteiger partial charge on any atom is 0.271 e. The average Bonchev–Trinajstić information content (AvgIpc) is 2.78. The van der Waals surface area contributed by atoms with E-state index in [-0.39, 0.29) is 5.91 Å². The number of carbonyl (C=O) groups excluding carboxylic acids is 1. The van der Waals surface area contributed by atoms with Crippen LogP contribution in [0.5, 0.6) is 0 Å². The first-order valence-corrected chi connectivity index (χ1v) is 6.07. The van der Waals surface area contributed by atoms with E-state index in [1.54, 1.807) is 0 Å². The molecule has 0 aliphatic carbocycles. The van der Waals surface area contributed by atoms with Gasteiger partial charge in [0.2, 0.25) is 0 Å². The highest BCUT2D eigenvalue weighted by molar-refractivity contribution is 6.30. The zero-order valence-electron chi connectivity index (χ0n) is 10.0. The van der Waals surface area contributed by atoms with Gasteiger partial charge in [0.1, 0.15) is 5.69 Å². The Hall–Kier alpha value is -1.81. The molecule has 18 heavy (non-hydrogen) atoms. The number of aryl methyl sites for hydroxylation is 1. The van der Waals surface area contributed by atoms with Crippen molar-refractivity contribution in [2.75, 3.05) is 6.54 Å². The molecule has 0 saturated carbocycles. The predicted octanol–water partition coefficient (Wildman–Crippen LogP) is 2.34. The lowest BCUT2D eigenvalue weighted by molar-refractivity contribution is 0.0949. The van der Waals surface area contributed by atoms with Gasteiger partial charge in [-0.1, -0.05) is 23.7 Å². The SMILES string of the molecule is Cc1[nH]cnc1C(=O)NCCc1ccc(Cl)cc1. The Bertz CT molecular complexity index is 533. The van der Waals surface area contributed by atoms with Crippen molar-refractivity contribution in [2.45, 2.75) is 13.3 Å². The number of H-pyrrole nitrogens is 1. The fourth-order valence-corrected chi connectivity index (χ4v) is 1.77. The smallest absolute Gasteiger partial charge is 0.271 e. The van der Waals surface area contributed by atoms with Crippen LogP contribution in [-0.2, 0) is 6.42 Å². The van der Waals surface area contributed by atoms with Gasteiger partial charge in [-0.05, 0) is 31.0 Å². The Morgan fingerprint density at radius 1 is 1.39 bits per heavy atom. The second kappa shape index (κ2) is 5.69. The Morgan fingerprint density at radius 2 is 2.11 bits per heavy atom. The van der Waals surface area contributed by atoms with E-state index in [1.807, 2.05) is 31.2 Å². The zero-order valence-corrected chi connectivity index (χ0v) is 10.8. The highest BCUT2D eigenvalue weighted by Gasteiger charge is 2.10. The second-order valence-corrected chi connectivity index (χ2v) is 4.44. The molecular formula is C13H14ClN3O. The Morgan fingerprint density at radius 3 is 2.72 bits per heavy atom. The van der Waals surface area contributed by atoms with Gasteiger partial charge in [0.15, 0.2) is 0 Å². The Labute approximate surface area is 110 Å². The van der Waals surface area contributed by atoms with Crippen molar-refractivity contribution < 1.29 is 4.79 Å². The molecule has 2 rings (SSSR count). The van der Waals surface area contributed by atoms with Crippen LogP contribution in [-0.4, -0.2) is 22.4 Å². The molecule has 0 bridgehead atoms. The summed E-state index contributed by atoms with van der Waals surface area (Å²) in [6.07, 6.45) is 2.29. The largest absolute Gasteiger partial charge is 0.350 e. The highest BCUT2D eigenvalue weighted by Crippen LogP contribution is 2.09. The number of imidazole rings is 1. The van der Waals surface area contributed by atoms with Crippen LogP contribution in [0.15, 0.2) is 30.6 Å². The van der Waals surface area contributed by atoms with E-state index in [1.165, 1.54) is 6.33 Å². The van der Waals surface area contributed by atoms with Crippen molar-refractivity contribution in [3.63, 3.8) is 0 Å². The molecule has 0 aliphatic rings. The summed E-state index contributed by atoms with van der Waals surface area (Å²) < 4.78 is 0.